The van der Waals surface area contributed by atoms with Crippen molar-refractivity contribution < 1.29 is 9.53 Å². The zero-order chi connectivity index (χ0) is 13.1. The first-order valence-corrected chi connectivity index (χ1v) is 7.14. The fourth-order valence-corrected chi connectivity index (χ4v) is 3.36. The van der Waals surface area contributed by atoms with Crippen LogP contribution in [0.15, 0.2) is 42.5 Å². The molecule has 0 aliphatic heterocycles. The number of ketones is 1. The predicted molar refractivity (Wildman–Crippen MR) is 74.6 cm³/mol. The molecule has 0 heterocycles. The number of carbonyl (C=O) groups excluding carboxylic acids is 1. The molecule has 100 valence electrons. The van der Waals surface area contributed by atoms with Gasteiger partial charge in [0.15, 0.2) is 0 Å². The van der Waals surface area contributed by atoms with E-state index in [1.807, 2.05) is 18.2 Å². The predicted octanol–water partition coefficient (Wildman–Crippen LogP) is 3.37. The maximum atomic E-state index is 12.1. The molecular formula is C17H20O2. The molecule has 19 heavy (non-hydrogen) atoms. The van der Waals surface area contributed by atoms with E-state index in [9.17, 15) is 4.79 Å². The molecule has 0 unspecified atom stereocenters. The molecule has 1 aromatic rings. The van der Waals surface area contributed by atoms with Gasteiger partial charge in [0.05, 0.1) is 13.2 Å². The van der Waals surface area contributed by atoms with Crippen molar-refractivity contribution in [1.82, 2.24) is 0 Å². The van der Waals surface area contributed by atoms with Crippen LogP contribution >= 0.6 is 0 Å². The summed E-state index contributed by atoms with van der Waals surface area (Å²) in [6.45, 7) is 1.20. The Morgan fingerprint density at radius 3 is 2.74 bits per heavy atom. The second-order valence-corrected chi connectivity index (χ2v) is 5.64. The minimum atomic E-state index is 0.124. The van der Waals surface area contributed by atoms with Crippen LogP contribution in [-0.4, -0.2) is 12.4 Å². The van der Waals surface area contributed by atoms with Crippen molar-refractivity contribution in [2.45, 2.75) is 25.9 Å². The van der Waals surface area contributed by atoms with Gasteiger partial charge in [-0.1, -0.05) is 42.5 Å². The molecule has 1 aromatic carbocycles. The van der Waals surface area contributed by atoms with E-state index in [0.717, 1.165) is 19.3 Å². The maximum absolute atomic E-state index is 12.1. The number of Topliss-reactive ketones (excluding diaryl/α,β-unsaturated/α-hetero) is 1. The third kappa shape index (κ3) is 2.79. The molecule has 3 atom stereocenters. The second kappa shape index (κ2) is 5.70. The summed E-state index contributed by atoms with van der Waals surface area (Å²) in [4.78, 5) is 12.1. The maximum Gasteiger partial charge on any atom is 0.138 e. The molecule has 2 heteroatoms. The fraction of sp³-hybridized carbons (Fsp3) is 0.471. The van der Waals surface area contributed by atoms with Crippen molar-refractivity contribution in [2.75, 3.05) is 6.61 Å². The Labute approximate surface area is 114 Å². The topological polar surface area (TPSA) is 26.3 Å². The lowest BCUT2D eigenvalue weighted by molar-refractivity contribution is -0.123. The van der Waals surface area contributed by atoms with Crippen LogP contribution in [-0.2, 0) is 16.1 Å². The average Bonchev–Trinajstić information content (AvgIpc) is 2.76. The second-order valence-electron chi connectivity index (χ2n) is 5.64. The summed E-state index contributed by atoms with van der Waals surface area (Å²) in [6.07, 6.45) is 7.33. The lowest BCUT2D eigenvalue weighted by Gasteiger charge is -2.24. The zero-order valence-corrected chi connectivity index (χ0v) is 11.1. The minimum Gasteiger partial charge on any atom is -0.376 e. The van der Waals surface area contributed by atoms with Gasteiger partial charge in [-0.05, 0) is 30.2 Å². The summed E-state index contributed by atoms with van der Waals surface area (Å²) < 4.78 is 5.78. The molecule has 2 aliphatic rings. The number of carbonyl (C=O) groups is 1. The van der Waals surface area contributed by atoms with E-state index in [1.54, 1.807) is 0 Å². The highest BCUT2D eigenvalue weighted by Gasteiger charge is 2.41. The van der Waals surface area contributed by atoms with Gasteiger partial charge in [0.25, 0.3) is 0 Å². The summed E-state index contributed by atoms with van der Waals surface area (Å²) in [5, 5.41) is 0. The van der Waals surface area contributed by atoms with E-state index in [4.69, 9.17) is 4.74 Å². The van der Waals surface area contributed by atoms with Crippen LogP contribution in [0.25, 0.3) is 0 Å². The van der Waals surface area contributed by atoms with Crippen LogP contribution in [0.5, 0.6) is 0 Å². The molecule has 3 rings (SSSR count). The molecule has 0 N–H and O–H groups in total. The minimum absolute atomic E-state index is 0.124. The van der Waals surface area contributed by atoms with Gasteiger partial charge in [-0.3, -0.25) is 4.79 Å². The number of benzene rings is 1. The molecule has 2 aliphatic carbocycles. The largest absolute Gasteiger partial charge is 0.376 e. The van der Waals surface area contributed by atoms with Crippen molar-refractivity contribution in [3.63, 3.8) is 0 Å². The van der Waals surface area contributed by atoms with Crippen molar-refractivity contribution in [2.24, 2.45) is 17.8 Å². The first-order valence-electron chi connectivity index (χ1n) is 7.14. The highest BCUT2D eigenvalue weighted by atomic mass is 16.5. The quantitative estimate of drug-likeness (QED) is 0.772. The summed E-state index contributed by atoms with van der Waals surface area (Å²) in [6, 6.07) is 10.1. The van der Waals surface area contributed by atoms with Crippen molar-refractivity contribution >= 4 is 5.78 Å². The van der Waals surface area contributed by atoms with Gasteiger partial charge < -0.3 is 4.74 Å². The van der Waals surface area contributed by atoms with Crippen molar-refractivity contribution in [1.29, 1.82) is 0 Å². The molecular weight excluding hydrogens is 236 g/mol. The number of rotatable bonds is 4. The Hall–Kier alpha value is -1.41. The van der Waals surface area contributed by atoms with Gasteiger partial charge in [0.1, 0.15) is 5.78 Å². The number of allylic oxidation sites excluding steroid dienone is 2. The van der Waals surface area contributed by atoms with Gasteiger partial charge in [0.2, 0.25) is 0 Å². The van der Waals surface area contributed by atoms with Gasteiger partial charge in [-0.15, -0.1) is 0 Å². The molecule has 2 nitrogen and oxygen atoms in total. The van der Waals surface area contributed by atoms with E-state index in [1.165, 1.54) is 5.56 Å². The summed E-state index contributed by atoms with van der Waals surface area (Å²) >= 11 is 0. The summed E-state index contributed by atoms with van der Waals surface area (Å²) in [5.41, 5.74) is 1.17. The number of hydrogen-bond acceptors (Lipinski definition) is 2. The molecule has 1 saturated carbocycles. The standard InChI is InChI=1S/C17H20O2/c18-17-10-14-8-4-5-9-15(14)16(17)12-19-11-13-6-2-1-3-7-13/h1-7,14-16H,8-12H2/t14-,15+,16-/m1/s1. The van der Waals surface area contributed by atoms with E-state index < -0.39 is 0 Å². The molecule has 0 bridgehead atoms. The molecule has 0 radical (unpaired) electrons. The van der Waals surface area contributed by atoms with Crippen molar-refractivity contribution in [3.05, 3.63) is 48.0 Å². The van der Waals surface area contributed by atoms with Crippen molar-refractivity contribution in [3.8, 4) is 0 Å². The summed E-state index contributed by atoms with van der Waals surface area (Å²) in [5.74, 6) is 1.63. The molecule has 0 saturated heterocycles. The Morgan fingerprint density at radius 1 is 1.11 bits per heavy atom. The SMILES string of the molecule is O=C1C[C@H]2CC=CC[C@@H]2[C@H]1COCc1ccccc1. The summed E-state index contributed by atoms with van der Waals surface area (Å²) in [7, 11) is 0. The van der Waals surface area contributed by atoms with Crippen LogP contribution in [0.1, 0.15) is 24.8 Å². The molecule has 0 aromatic heterocycles. The van der Waals surface area contributed by atoms with Crippen LogP contribution in [0.4, 0.5) is 0 Å². The molecule has 0 spiro atoms. The van der Waals surface area contributed by atoms with Gasteiger partial charge in [-0.25, -0.2) is 0 Å². The molecule has 1 fully saturated rings. The van der Waals surface area contributed by atoms with E-state index in [2.05, 4.69) is 24.3 Å². The smallest absolute Gasteiger partial charge is 0.138 e. The normalized spacial score (nSPS) is 29.5. The van der Waals surface area contributed by atoms with Gasteiger partial charge >= 0.3 is 0 Å². The van der Waals surface area contributed by atoms with Crippen LogP contribution in [0, 0.1) is 17.8 Å². The van der Waals surface area contributed by atoms with E-state index in [0.29, 0.717) is 30.8 Å². The average molecular weight is 256 g/mol. The number of ether oxygens (including phenoxy) is 1. The molecule has 0 amide bonds. The Bertz CT molecular complexity index is 463. The number of fused-ring (bicyclic) bond motifs is 1. The monoisotopic (exact) mass is 256 g/mol. The Morgan fingerprint density at radius 2 is 1.89 bits per heavy atom. The first-order chi connectivity index (χ1) is 9.34. The van der Waals surface area contributed by atoms with Crippen LogP contribution in [0.2, 0.25) is 0 Å². The lowest BCUT2D eigenvalue weighted by Crippen LogP contribution is -2.23. The number of hydrogen-bond donors (Lipinski definition) is 0. The van der Waals surface area contributed by atoms with E-state index in [-0.39, 0.29) is 5.92 Å². The first kappa shape index (κ1) is 12.6. The van der Waals surface area contributed by atoms with Crippen LogP contribution < -0.4 is 0 Å². The van der Waals surface area contributed by atoms with Gasteiger partial charge in [0, 0.05) is 12.3 Å². The Balaban J connectivity index is 1.55. The third-order valence-electron chi connectivity index (χ3n) is 4.42. The van der Waals surface area contributed by atoms with Crippen LogP contribution in [0.3, 0.4) is 0 Å². The van der Waals surface area contributed by atoms with Gasteiger partial charge in [-0.2, -0.15) is 0 Å². The fourth-order valence-electron chi connectivity index (χ4n) is 3.36. The zero-order valence-electron chi connectivity index (χ0n) is 11.1. The highest BCUT2D eigenvalue weighted by molar-refractivity contribution is 5.84. The Kier molecular flexibility index (Phi) is 3.79. The highest BCUT2D eigenvalue weighted by Crippen LogP contribution is 2.41. The lowest BCUT2D eigenvalue weighted by atomic mass is 9.82. The third-order valence-corrected chi connectivity index (χ3v) is 4.42. The van der Waals surface area contributed by atoms with E-state index >= 15 is 0 Å².